The first-order valence-electron chi connectivity index (χ1n) is 9.11. The number of ether oxygens (including phenoxy) is 1. The average Bonchev–Trinajstić information content (AvgIpc) is 2.73. The molecule has 1 unspecified atom stereocenters. The molecule has 1 atom stereocenters. The van der Waals surface area contributed by atoms with E-state index in [0.29, 0.717) is 13.1 Å². The lowest BCUT2D eigenvalue weighted by Crippen LogP contribution is -2.60. The zero-order valence-electron chi connectivity index (χ0n) is 15.9. The molecule has 1 aliphatic rings. The van der Waals surface area contributed by atoms with Crippen LogP contribution in [0.4, 0.5) is 0 Å². The van der Waals surface area contributed by atoms with Crippen LogP contribution in [0.2, 0.25) is 0 Å². The van der Waals surface area contributed by atoms with E-state index in [1.165, 1.54) is 18.1 Å². The van der Waals surface area contributed by atoms with Gasteiger partial charge >= 0.3 is 5.97 Å². The van der Waals surface area contributed by atoms with E-state index in [2.05, 4.69) is 15.4 Å². The zero-order valence-corrected chi connectivity index (χ0v) is 16.7. The molecule has 2 amide bonds. The number of nitrogens with zero attached hydrogens (tertiary/aromatic N) is 1. The van der Waals surface area contributed by atoms with Crippen LogP contribution >= 0.6 is 12.2 Å². The van der Waals surface area contributed by atoms with Gasteiger partial charge in [0, 0.05) is 19.2 Å². The van der Waals surface area contributed by atoms with E-state index in [1.54, 1.807) is 6.08 Å². The molecule has 0 aliphatic carbocycles. The van der Waals surface area contributed by atoms with E-state index in [9.17, 15) is 14.4 Å². The lowest BCUT2D eigenvalue weighted by atomic mass is 10.0. The number of carbonyl (C=O) groups excluding carboxylic acids is 3. The lowest BCUT2D eigenvalue weighted by Gasteiger charge is -2.35. The predicted octanol–water partition coefficient (Wildman–Crippen LogP) is 1.62. The maximum Gasteiger partial charge on any atom is 0.308 e. The first kappa shape index (κ1) is 20.5. The normalized spacial score (nSPS) is 16.5. The quantitative estimate of drug-likeness (QED) is 0.452. The molecule has 0 bridgehead atoms. The monoisotopic (exact) mass is 411 g/mol. The minimum absolute atomic E-state index is 0.0984. The summed E-state index contributed by atoms with van der Waals surface area (Å²) >= 11 is 5.31. The van der Waals surface area contributed by atoms with Crippen molar-refractivity contribution >= 4 is 52.0 Å². The molecule has 0 spiro atoms. The van der Waals surface area contributed by atoms with E-state index >= 15 is 0 Å². The van der Waals surface area contributed by atoms with Gasteiger partial charge in [-0.2, -0.15) is 0 Å². The topological polar surface area (TPSA) is 87.7 Å². The molecule has 2 aromatic carbocycles. The molecule has 150 valence electrons. The molecule has 0 aromatic heterocycles. The van der Waals surface area contributed by atoms with Crippen molar-refractivity contribution in [3.8, 4) is 0 Å². The summed E-state index contributed by atoms with van der Waals surface area (Å²) in [5.74, 6) is -1.27. The van der Waals surface area contributed by atoms with E-state index in [1.807, 2.05) is 42.5 Å². The fraction of sp³-hybridized carbons (Fsp3) is 0.238. The third-order valence-electron chi connectivity index (χ3n) is 4.65. The Morgan fingerprint density at radius 1 is 1.28 bits per heavy atom. The standard InChI is InChI=1S/C21H21N3O4S/c1-28-19(26)13-17-20(27)22-11-12-24(17)21(29)23-18(25)10-9-15-7-4-6-14-5-2-3-8-16(14)15/h2-10,17H,11-13H2,1H3,(H,22,27)(H,23,25,29). The van der Waals surface area contributed by atoms with Gasteiger partial charge in [-0.3, -0.25) is 19.7 Å². The van der Waals surface area contributed by atoms with Crippen molar-refractivity contribution < 1.29 is 19.1 Å². The number of benzene rings is 2. The second-order valence-electron chi connectivity index (χ2n) is 6.48. The Balaban J connectivity index is 1.69. The van der Waals surface area contributed by atoms with E-state index in [4.69, 9.17) is 12.2 Å². The van der Waals surface area contributed by atoms with Crippen molar-refractivity contribution in [3.63, 3.8) is 0 Å². The van der Waals surface area contributed by atoms with Crippen molar-refractivity contribution in [2.45, 2.75) is 12.5 Å². The van der Waals surface area contributed by atoms with Gasteiger partial charge in [0.1, 0.15) is 6.04 Å². The van der Waals surface area contributed by atoms with Crippen LogP contribution in [-0.2, 0) is 19.1 Å². The summed E-state index contributed by atoms with van der Waals surface area (Å²) in [5, 5.41) is 7.51. The molecule has 2 aromatic rings. The summed E-state index contributed by atoms with van der Waals surface area (Å²) in [6.07, 6.45) is 2.96. The van der Waals surface area contributed by atoms with Gasteiger partial charge in [0.05, 0.1) is 13.5 Å². The second kappa shape index (κ2) is 9.29. The fourth-order valence-electron chi connectivity index (χ4n) is 3.18. The first-order valence-corrected chi connectivity index (χ1v) is 9.52. The predicted molar refractivity (Wildman–Crippen MR) is 114 cm³/mol. The summed E-state index contributed by atoms with van der Waals surface area (Å²) in [4.78, 5) is 37.7. The maximum atomic E-state index is 12.4. The molecule has 1 saturated heterocycles. The number of nitrogens with one attached hydrogen (secondary N) is 2. The van der Waals surface area contributed by atoms with Crippen molar-refractivity contribution in [2.75, 3.05) is 20.2 Å². The number of hydrogen-bond acceptors (Lipinski definition) is 5. The van der Waals surface area contributed by atoms with Crippen LogP contribution in [0.1, 0.15) is 12.0 Å². The molecule has 0 radical (unpaired) electrons. The molecule has 1 fully saturated rings. The zero-order chi connectivity index (χ0) is 20.8. The Bertz CT molecular complexity index is 984. The molecule has 0 saturated carbocycles. The highest BCUT2D eigenvalue weighted by Crippen LogP contribution is 2.19. The summed E-state index contributed by atoms with van der Waals surface area (Å²) < 4.78 is 4.65. The number of methoxy groups -OCH3 is 1. The van der Waals surface area contributed by atoms with Crippen LogP contribution in [0.15, 0.2) is 48.5 Å². The maximum absolute atomic E-state index is 12.4. The average molecular weight is 411 g/mol. The van der Waals surface area contributed by atoms with Crippen molar-refractivity contribution in [1.29, 1.82) is 0 Å². The smallest absolute Gasteiger partial charge is 0.308 e. The van der Waals surface area contributed by atoms with Gasteiger partial charge in [0.25, 0.3) is 0 Å². The number of hydrogen-bond donors (Lipinski definition) is 2. The number of amides is 2. The first-order chi connectivity index (χ1) is 14.0. The molecule has 3 rings (SSSR count). The van der Waals surface area contributed by atoms with Crippen molar-refractivity contribution in [3.05, 3.63) is 54.1 Å². The van der Waals surface area contributed by atoms with Crippen LogP contribution in [-0.4, -0.2) is 54.0 Å². The van der Waals surface area contributed by atoms with Gasteiger partial charge in [0.15, 0.2) is 5.11 Å². The summed E-state index contributed by atoms with van der Waals surface area (Å²) in [6.45, 7) is 0.762. The molecule has 7 nitrogen and oxygen atoms in total. The molecule has 2 N–H and O–H groups in total. The number of fused-ring (bicyclic) bond motifs is 1. The van der Waals surface area contributed by atoms with E-state index in [0.717, 1.165) is 16.3 Å². The van der Waals surface area contributed by atoms with Gasteiger partial charge < -0.3 is 15.0 Å². The van der Waals surface area contributed by atoms with Crippen LogP contribution in [0, 0.1) is 0 Å². The Kier molecular flexibility index (Phi) is 6.56. The van der Waals surface area contributed by atoms with Crippen LogP contribution < -0.4 is 10.6 Å². The summed E-state index contributed by atoms with van der Waals surface area (Å²) in [7, 11) is 1.26. The van der Waals surface area contributed by atoms with Crippen LogP contribution in [0.5, 0.6) is 0 Å². The highest BCUT2D eigenvalue weighted by molar-refractivity contribution is 7.80. The lowest BCUT2D eigenvalue weighted by molar-refractivity contribution is -0.144. The van der Waals surface area contributed by atoms with Crippen molar-refractivity contribution in [2.24, 2.45) is 0 Å². The molecular weight excluding hydrogens is 390 g/mol. The molecule has 29 heavy (non-hydrogen) atoms. The van der Waals surface area contributed by atoms with Gasteiger partial charge in [0.2, 0.25) is 11.8 Å². The molecular formula is C21H21N3O4S. The van der Waals surface area contributed by atoms with E-state index < -0.39 is 17.9 Å². The van der Waals surface area contributed by atoms with Gasteiger partial charge in [-0.05, 0) is 34.6 Å². The SMILES string of the molecule is COC(=O)CC1C(=O)NCCN1C(=S)NC(=O)C=Cc1cccc2ccccc12. The minimum atomic E-state index is -0.814. The fourth-order valence-corrected chi connectivity index (χ4v) is 3.50. The largest absolute Gasteiger partial charge is 0.469 e. The third kappa shape index (κ3) is 4.97. The molecule has 8 heteroatoms. The van der Waals surface area contributed by atoms with E-state index in [-0.39, 0.29) is 17.4 Å². The molecule has 1 aliphatic heterocycles. The summed E-state index contributed by atoms with van der Waals surface area (Å²) in [6, 6.07) is 12.9. The van der Waals surface area contributed by atoms with Crippen LogP contribution in [0.3, 0.4) is 0 Å². The second-order valence-corrected chi connectivity index (χ2v) is 6.86. The number of thiocarbonyl (C=S) groups is 1. The number of esters is 1. The minimum Gasteiger partial charge on any atom is -0.469 e. The summed E-state index contributed by atoms with van der Waals surface area (Å²) in [5.41, 5.74) is 0.907. The number of carbonyl (C=O) groups is 3. The number of rotatable bonds is 4. The van der Waals surface area contributed by atoms with Crippen molar-refractivity contribution in [1.82, 2.24) is 15.5 Å². The Morgan fingerprint density at radius 3 is 2.83 bits per heavy atom. The number of piperazine rings is 1. The van der Waals surface area contributed by atoms with Gasteiger partial charge in [-0.25, -0.2) is 0 Å². The Morgan fingerprint density at radius 2 is 2.03 bits per heavy atom. The highest BCUT2D eigenvalue weighted by Gasteiger charge is 2.33. The third-order valence-corrected chi connectivity index (χ3v) is 4.98. The van der Waals surface area contributed by atoms with Crippen LogP contribution in [0.25, 0.3) is 16.8 Å². The van der Waals surface area contributed by atoms with Gasteiger partial charge in [-0.1, -0.05) is 42.5 Å². The Labute approximate surface area is 173 Å². The highest BCUT2D eigenvalue weighted by atomic mass is 32.1. The molecule has 1 heterocycles. The van der Waals surface area contributed by atoms with Gasteiger partial charge in [-0.15, -0.1) is 0 Å². The Hall–Kier alpha value is -3.26.